The molecule has 2 amide bonds. The molecule has 3 atom stereocenters. The SMILES string of the molecule is O=C(N[C@@H]1C[C@H]2CC[C@@H]1N2)C1=CN(c2cccc(NC(=O)C(F)(F)F)c2)CS1. The molecule has 150 valence electrons. The summed E-state index contributed by atoms with van der Waals surface area (Å²) in [5, 5.41) is 8.39. The van der Waals surface area contributed by atoms with Crippen molar-refractivity contribution in [3.8, 4) is 0 Å². The van der Waals surface area contributed by atoms with Gasteiger partial charge in [0.1, 0.15) is 0 Å². The lowest BCUT2D eigenvalue weighted by Gasteiger charge is -2.21. The molecule has 3 aliphatic rings. The molecule has 3 heterocycles. The lowest BCUT2D eigenvalue weighted by Crippen LogP contribution is -2.43. The highest BCUT2D eigenvalue weighted by Gasteiger charge is 2.40. The number of alkyl halides is 3. The van der Waals surface area contributed by atoms with Crippen LogP contribution in [0.4, 0.5) is 24.5 Å². The second kappa shape index (κ2) is 7.32. The zero-order valence-corrected chi connectivity index (χ0v) is 15.6. The van der Waals surface area contributed by atoms with Gasteiger partial charge in [0.05, 0.1) is 10.8 Å². The van der Waals surface area contributed by atoms with Gasteiger partial charge in [0, 0.05) is 35.7 Å². The highest BCUT2D eigenvalue weighted by atomic mass is 32.2. The van der Waals surface area contributed by atoms with E-state index in [0.717, 1.165) is 19.3 Å². The molecular formula is C18H19F3N4O2S. The van der Waals surface area contributed by atoms with Crippen molar-refractivity contribution < 1.29 is 22.8 Å². The van der Waals surface area contributed by atoms with Gasteiger partial charge in [-0.25, -0.2) is 0 Å². The molecule has 1 aromatic carbocycles. The topological polar surface area (TPSA) is 73.5 Å². The number of nitrogens with zero attached hydrogens (tertiary/aromatic N) is 1. The number of carbonyl (C=O) groups excluding carboxylic acids is 2. The Hall–Kier alpha value is -2.20. The standard InChI is InChI=1S/C18H19F3N4O2S/c19-18(20,21)17(27)23-10-2-1-3-12(6-10)25-8-15(28-9-25)16(26)24-14-7-11-4-5-13(14)22-11/h1-3,6,8,11,13-14,22H,4-5,7,9H2,(H,23,27)(H,24,26)/t11-,13+,14-/m1/s1. The summed E-state index contributed by atoms with van der Waals surface area (Å²) in [6, 6.07) is 7.07. The van der Waals surface area contributed by atoms with Crippen LogP contribution in [0.3, 0.4) is 0 Å². The van der Waals surface area contributed by atoms with Gasteiger partial charge in [0.25, 0.3) is 5.91 Å². The lowest BCUT2D eigenvalue weighted by atomic mass is 9.95. The molecule has 0 unspecified atom stereocenters. The summed E-state index contributed by atoms with van der Waals surface area (Å²) in [4.78, 5) is 26.0. The first-order valence-electron chi connectivity index (χ1n) is 8.96. The number of carbonyl (C=O) groups is 2. The first-order chi connectivity index (χ1) is 13.3. The zero-order valence-electron chi connectivity index (χ0n) is 14.8. The summed E-state index contributed by atoms with van der Waals surface area (Å²) in [7, 11) is 0. The molecular weight excluding hydrogens is 393 g/mol. The average Bonchev–Trinajstić information content (AvgIpc) is 3.38. The summed E-state index contributed by atoms with van der Waals surface area (Å²) >= 11 is 1.37. The molecule has 0 radical (unpaired) electrons. The number of thioether (sulfide) groups is 1. The van der Waals surface area contributed by atoms with Crippen LogP contribution < -0.4 is 20.9 Å². The summed E-state index contributed by atoms with van der Waals surface area (Å²) in [5.41, 5.74) is 0.640. The number of rotatable bonds is 4. The Morgan fingerprint density at radius 2 is 2.07 bits per heavy atom. The van der Waals surface area contributed by atoms with Crippen molar-refractivity contribution in [2.75, 3.05) is 16.1 Å². The molecule has 2 fully saturated rings. The Kier molecular flexibility index (Phi) is 5.00. The van der Waals surface area contributed by atoms with Crippen LogP contribution in [0.5, 0.6) is 0 Å². The normalized spacial score (nSPS) is 26.3. The Bertz CT molecular complexity index is 829. The Labute approximate surface area is 163 Å². The van der Waals surface area contributed by atoms with Crippen LogP contribution >= 0.6 is 11.8 Å². The van der Waals surface area contributed by atoms with Crippen LogP contribution in [0.25, 0.3) is 0 Å². The number of halogens is 3. The van der Waals surface area contributed by atoms with E-state index in [2.05, 4.69) is 10.6 Å². The quantitative estimate of drug-likeness (QED) is 0.709. The number of hydrogen-bond acceptors (Lipinski definition) is 5. The first kappa shape index (κ1) is 19.1. The third kappa shape index (κ3) is 3.97. The van der Waals surface area contributed by atoms with Gasteiger partial charge in [0.15, 0.2) is 0 Å². The fourth-order valence-electron chi connectivity index (χ4n) is 3.82. The van der Waals surface area contributed by atoms with Crippen molar-refractivity contribution in [2.24, 2.45) is 0 Å². The number of fused-ring (bicyclic) bond motifs is 2. The van der Waals surface area contributed by atoms with Gasteiger partial charge in [0.2, 0.25) is 0 Å². The fourth-order valence-corrected chi connectivity index (χ4v) is 4.71. The van der Waals surface area contributed by atoms with Gasteiger partial charge in [-0.2, -0.15) is 13.2 Å². The van der Waals surface area contributed by atoms with Crippen molar-refractivity contribution >= 4 is 35.0 Å². The maximum Gasteiger partial charge on any atom is 0.471 e. The Morgan fingerprint density at radius 3 is 2.75 bits per heavy atom. The molecule has 28 heavy (non-hydrogen) atoms. The van der Waals surface area contributed by atoms with Crippen LogP contribution in [0.2, 0.25) is 0 Å². The third-order valence-corrected chi connectivity index (χ3v) is 6.17. The summed E-state index contributed by atoms with van der Waals surface area (Å²) in [5.74, 6) is -1.68. The fraction of sp³-hybridized carbons (Fsp3) is 0.444. The van der Waals surface area contributed by atoms with E-state index in [-0.39, 0.29) is 17.6 Å². The molecule has 0 aromatic heterocycles. The second-order valence-corrected chi connectivity index (χ2v) is 8.09. The Balaban J connectivity index is 1.40. The molecule has 6 nitrogen and oxygen atoms in total. The van der Waals surface area contributed by atoms with E-state index in [9.17, 15) is 22.8 Å². The lowest BCUT2D eigenvalue weighted by molar-refractivity contribution is -0.167. The maximum absolute atomic E-state index is 12.5. The maximum atomic E-state index is 12.5. The summed E-state index contributed by atoms with van der Waals surface area (Å²) in [6.07, 6.45) is -0.0859. The summed E-state index contributed by atoms with van der Waals surface area (Å²) in [6.45, 7) is 0. The molecule has 4 rings (SSSR count). The van der Waals surface area contributed by atoms with Crippen LogP contribution in [0.15, 0.2) is 35.4 Å². The minimum Gasteiger partial charge on any atom is -0.347 e. The van der Waals surface area contributed by atoms with Gasteiger partial charge in [-0.1, -0.05) is 17.8 Å². The van der Waals surface area contributed by atoms with Crippen LogP contribution in [0.1, 0.15) is 19.3 Å². The monoisotopic (exact) mass is 412 g/mol. The smallest absolute Gasteiger partial charge is 0.347 e. The number of anilines is 2. The number of benzene rings is 1. The third-order valence-electron chi connectivity index (χ3n) is 5.17. The zero-order chi connectivity index (χ0) is 19.9. The van der Waals surface area contributed by atoms with Gasteiger partial charge >= 0.3 is 12.1 Å². The molecule has 10 heteroatoms. The number of nitrogens with one attached hydrogen (secondary N) is 3. The van der Waals surface area contributed by atoms with Crippen molar-refractivity contribution in [3.63, 3.8) is 0 Å². The molecule has 1 aromatic rings. The van der Waals surface area contributed by atoms with E-state index < -0.39 is 12.1 Å². The Morgan fingerprint density at radius 1 is 1.25 bits per heavy atom. The van der Waals surface area contributed by atoms with Crippen molar-refractivity contribution in [1.29, 1.82) is 0 Å². The van der Waals surface area contributed by atoms with Gasteiger partial charge in [-0.3, -0.25) is 9.59 Å². The molecule has 0 aliphatic carbocycles. The molecule has 2 saturated heterocycles. The second-order valence-electron chi connectivity index (χ2n) is 7.10. The molecule has 0 spiro atoms. The van der Waals surface area contributed by atoms with Gasteiger partial charge < -0.3 is 20.9 Å². The number of hydrogen-bond donors (Lipinski definition) is 3. The van der Waals surface area contributed by atoms with Gasteiger partial charge in [-0.15, -0.1) is 0 Å². The van der Waals surface area contributed by atoms with E-state index in [1.807, 2.05) is 5.32 Å². The first-order valence-corrected chi connectivity index (χ1v) is 9.94. The van der Waals surface area contributed by atoms with Crippen LogP contribution in [-0.2, 0) is 9.59 Å². The van der Waals surface area contributed by atoms with Crippen molar-refractivity contribution in [3.05, 3.63) is 35.4 Å². The molecule has 0 saturated carbocycles. The van der Waals surface area contributed by atoms with E-state index in [1.54, 1.807) is 23.2 Å². The molecule has 3 N–H and O–H groups in total. The van der Waals surface area contributed by atoms with Crippen molar-refractivity contribution in [2.45, 2.75) is 43.6 Å². The van der Waals surface area contributed by atoms with Gasteiger partial charge in [-0.05, 0) is 37.5 Å². The highest BCUT2D eigenvalue weighted by molar-refractivity contribution is 8.04. The highest BCUT2D eigenvalue weighted by Crippen LogP contribution is 2.33. The van der Waals surface area contributed by atoms with Crippen LogP contribution in [0, 0.1) is 0 Å². The minimum absolute atomic E-state index is 0.0455. The largest absolute Gasteiger partial charge is 0.471 e. The predicted molar refractivity (Wildman–Crippen MR) is 101 cm³/mol. The number of amides is 2. The van der Waals surface area contributed by atoms with E-state index in [1.165, 1.54) is 23.9 Å². The molecule has 3 aliphatic heterocycles. The summed E-state index contributed by atoms with van der Waals surface area (Å²) < 4.78 is 37.2. The van der Waals surface area contributed by atoms with E-state index in [4.69, 9.17) is 0 Å². The van der Waals surface area contributed by atoms with Crippen molar-refractivity contribution in [1.82, 2.24) is 10.6 Å². The average molecular weight is 412 g/mol. The van der Waals surface area contributed by atoms with Crippen LogP contribution in [-0.4, -0.2) is 42.0 Å². The van der Waals surface area contributed by atoms with E-state index in [0.29, 0.717) is 28.6 Å². The van der Waals surface area contributed by atoms with E-state index >= 15 is 0 Å². The predicted octanol–water partition coefficient (Wildman–Crippen LogP) is 2.55. The molecule has 2 bridgehead atoms. The minimum atomic E-state index is -4.95.